The fraction of sp³-hybridized carbons (Fsp3) is 1.00. The number of hydrogen-bond donors (Lipinski definition) is 0. The van der Waals surface area contributed by atoms with Gasteiger partial charge in [-0.1, -0.05) is 20.8 Å². The molecule has 2 heterocycles. The predicted molar refractivity (Wildman–Crippen MR) is 110 cm³/mol. The molecule has 0 aliphatic carbocycles. The van der Waals surface area contributed by atoms with Crippen LogP contribution >= 0.6 is 0 Å². The van der Waals surface area contributed by atoms with Gasteiger partial charge < -0.3 is 0 Å². The van der Waals surface area contributed by atoms with E-state index in [2.05, 4.69) is 77.0 Å². The summed E-state index contributed by atoms with van der Waals surface area (Å²) in [7, 11) is 0. The van der Waals surface area contributed by atoms with E-state index in [0.29, 0.717) is 22.5 Å². The second kappa shape index (κ2) is 7.48. The van der Waals surface area contributed by atoms with Crippen LogP contribution in [-0.4, -0.2) is 71.1 Å². The summed E-state index contributed by atoms with van der Waals surface area (Å²) in [4.78, 5) is 8.06. The molecular formula is C22H45N3. The number of rotatable bonds is 6. The van der Waals surface area contributed by atoms with E-state index < -0.39 is 0 Å². The molecule has 0 saturated carbocycles. The van der Waals surface area contributed by atoms with Crippen molar-refractivity contribution in [2.75, 3.05) is 39.3 Å². The third-order valence-corrected chi connectivity index (χ3v) is 7.21. The molecule has 2 rings (SSSR count). The minimum Gasteiger partial charge on any atom is -0.298 e. The monoisotopic (exact) mass is 351 g/mol. The summed E-state index contributed by atoms with van der Waals surface area (Å²) in [5.74, 6) is 0.865. The van der Waals surface area contributed by atoms with Crippen molar-refractivity contribution in [2.45, 2.75) is 92.3 Å². The molecule has 148 valence electrons. The Balaban J connectivity index is 1.81. The Morgan fingerprint density at radius 1 is 0.720 bits per heavy atom. The van der Waals surface area contributed by atoms with Crippen molar-refractivity contribution < 1.29 is 0 Å². The lowest BCUT2D eigenvalue weighted by atomic mass is 9.73. The van der Waals surface area contributed by atoms with Crippen molar-refractivity contribution in [1.82, 2.24) is 14.7 Å². The van der Waals surface area contributed by atoms with Gasteiger partial charge >= 0.3 is 0 Å². The Morgan fingerprint density at radius 3 is 1.56 bits per heavy atom. The maximum Gasteiger partial charge on any atom is 0.0155 e. The molecule has 0 aromatic carbocycles. The van der Waals surface area contributed by atoms with Crippen molar-refractivity contribution in [3.05, 3.63) is 0 Å². The van der Waals surface area contributed by atoms with E-state index in [9.17, 15) is 0 Å². The van der Waals surface area contributed by atoms with Gasteiger partial charge in [0.25, 0.3) is 0 Å². The zero-order valence-electron chi connectivity index (χ0n) is 18.7. The number of piperazine rings is 1. The van der Waals surface area contributed by atoms with Crippen molar-refractivity contribution >= 4 is 0 Å². The molecule has 0 aromatic rings. The third kappa shape index (κ3) is 5.20. The van der Waals surface area contributed by atoms with E-state index in [1.54, 1.807) is 0 Å². The van der Waals surface area contributed by atoms with Crippen LogP contribution in [-0.2, 0) is 0 Å². The Kier molecular flexibility index (Phi) is 6.34. The maximum atomic E-state index is 2.73. The van der Waals surface area contributed by atoms with Gasteiger partial charge in [-0.25, -0.2) is 0 Å². The van der Waals surface area contributed by atoms with Crippen LogP contribution in [0.3, 0.4) is 0 Å². The number of nitrogens with zero attached hydrogens (tertiary/aromatic N) is 3. The lowest BCUT2D eigenvalue weighted by molar-refractivity contribution is -0.0525. The first kappa shape index (κ1) is 21.2. The van der Waals surface area contributed by atoms with Gasteiger partial charge in [-0.3, -0.25) is 14.7 Å². The van der Waals surface area contributed by atoms with E-state index in [1.807, 2.05) is 0 Å². The van der Waals surface area contributed by atoms with Crippen molar-refractivity contribution in [3.63, 3.8) is 0 Å². The highest BCUT2D eigenvalue weighted by Crippen LogP contribution is 2.39. The normalized spacial score (nSPS) is 23.3. The van der Waals surface area contributed by atoms with Gasteiger partial charge in [-0.05, 0) is 65.7 Å². The lowest BCUT2D eigenvalue weighted by Gasteiger charge is -2.54. The molecule has 0 unspecified atom stereocenters. The average molecular weight is 352 g/mol. The first-order valence-corrected chi connectivity index (χ1v) is 10.6. The minimum absolute atomic E-state index is 0.314. The summed E-state index contributed by atoms with van der Waals surface area (Å²) in [6.07, 6.45) is 2.58. The van der Waals surface area contributed by atoms with Crippen molar-refractivity contribution in [1.29, 1.82) is 0 Å². The molecule has 25 heavy (non-hydrogen) atoms. The minimum atomic E-state index is 0.314. The van der Waals surface area contributed by atoms with Crippen LogP contribution in [0.2, 0.25) is 0 Å². The molecule has 2 aliphatic rings. The van der Waals surface area contributed by atoms with Gasteiger partial charge in [0, 0.05) is 56.4 Å². The van der Waals surface area contributed by atoms with Gasteiger partial charge in [0.05, 0.1) is 0 Å². The van der Waals surface area contributed by atoms with Gasteiger partial charge in [0.1, 0.15) is 0 Å². The fourth-order valence-corrected chi connectivity index (χ4v) is 4.29. The maximum absolute atomic E-state index is 2.73. The zero-order valence-corrected chi connectivity index (χ0v) is 18.7. The molecule has 3 nitrogen and oxygen atoms in total. The molecule has 2 saturated heterocycles. The van der Waals surface area contributed by atoms with Crippen LogP contribution in [0.4, 0.5) is 0 Å². The second-order valence-corrected chi connectivity index (χ2v) is 11.2. The highest BCUT2D eigenvalue weighted by Gasteiger charge is 2.43. The fourth-order valence-electron chi connectivity index (χ4n) is 4.29. The summed E-state index contributed by atoms with van der Waals surface area (Å²) >= 11 is 0. The van der Waals surface area contributed by atoms with E-state index in [1.165, 1.54) is 52.1 Å². The Hall–Kier alpha value is -0.120. The predicted octanol–water partition coefficient (Wildman–Crippen LogP) is 4.33. The topological polar surface area (TPSA) is 9.72 Å². The summed E-state index contributed by atoms with van der Waals surface area (Å²) in [6, 6.07) is 0.686. The summed E-state index contributed by atoms with van der Waals surface area (Å²) in [6.45, 7) is 29.1. The molecule has 2 fully saturated rings. The quantitative estimate of drug-likeness (QED) is 0.705. The van der Waals surface area contributed by atoms with E-state index in [4.69, 9.17) is 0 Å². The molecule has 0 bridgehead atoms. The molecule has 0 spiro atoms. The molecule has 0 amide bonds. The van der Waals surface area contributed by atoms with Crippen LogP contribution in [0.5, 0.6) is 0 Å². The van der Waals surface area contributed by atoms with Crippen LogP contribution < -0.4 is 0 Å². The van der Waals surface area contributed by atoms with E-state index in [0.717, 1.165) is 5.92 Å². The second-order valence-electron chi connectivity index (χ2n) is 11.2. The lowest BCUT2D eigenvalue weighted by Crippen LogP contribution is -2.61. The molecule has 0 aromatic heterocycles. The van der Waals surface area contributed by atoms with Crippen LogP contribution in [0.15, 0.2) is 0 Å². The highest BCUT2D eigenvalue weighted by atomic mass is 15.3. The largest absolute Gasteiger partial charge is 0.298 e. The molecular weight excluding hydrogens is 306 g/mol. The van der Waals surface area contributed by atoms with Gasteiger partial charge in [-0.15, -0.1) is 0 Å². The van der Waals surface area contributed by atoms with Gasteiger partial charge in [0.15, 0.2) is 0 Å². The molecule has 2 aliphatic heterocycles. The smallest absolute Gasteiger partial charge is 0.0155 e. The first-order chi connectivity index (χ1) is 11.3. The first-order valence-electron chi connectivity index (χ1n) is 10.6. The molecule has 3 heteroatoms. The van der Waals surface area contributed by atoms with Crippen LogP contribution in [0.1, 0.15) is 75.2 Å². The summed E-state index contributed by atoms with van der Waals surface area (Å²) in [5, 5.41) is 0. The van der Waals surface area contributed by atoms with Crippen molar-refractivity contribution in [3.8, 4) is 0 Å². The SMILES string of the molecule is CC(C)N1CCN(C(C)(C)CCC(C)(C)N2CC(C(C)(C)C)C2)CC1. The van der Waals surface area contributed by atoms with E-state index >= 15 is 0 Å². The van der Waals surface area contributed by atoms with Crippen LogP contribution in [0, 0.1) is 11.3 Å². The number of hydrogen-bond acceptors (Lipinski definition) is 3. The van der Waals surface area contributed by atoms with E-state index in [-0.39, 0.29) is 0 Å². The Bertz CT molecular complexity index is 419. The highest BCUT2D eigenvalue weighted by molar-refractivity contribution is 4.97. The van der Waals surface area contributed by atoms with Gasteiger partial charge in [-0.2, -0.15) is 0 Å². The average Bonchev–Trinajstić information content (AvgIpc) is 2.42. The zero-order chi connectivity index (χ0) is 19.0. The third-order valence-electron chi connectivity index (χ3n) is 7.21. The molecule has 0 radical (unpaired) electrons. The summed E-state index contributed by atoms with van der Waals surface area (Å²) < 4.78 is 0. The Labute approximate surface area is 158 Å². The summed E-state index contributed by atoms with van der Waals surface area (Å²) in [5.41, 5.74) is 1.11. The molecule has 0 N–H and O–H groups in total. The number of likely N-dealkylation sites (tertiary alicyclic amines) is 1. The Morgan fingerprint density at radius 2 is 1.16 bits per heavy atom. The van der Waals surface area contributed by atoms with Crippen molar-refractivity contribution in [2.24, 2.45) is 11.3 Å². The molecule has 0 atom stereocenters. The van der Waals surface area contributed by atoms with Crippen LogP contribution in [0.25, 0.3) is 0 Å². The van der Waals surface area contributed by atoms with Gasteiger partial charge in [0.2, 0.25) is 0 Å². The standard InChI is InChI=1S/C22H45N3/c1-18(2)23-12-14-24(15-13-23)21(6,7)10-11-22(8,9)25-16-19(17-25)20(3,4)5/h18-19H,10-17H2,1-9H3.